The van der Waals surface area contributed by atoms with Crippen LogP contribution in [0, 0.1) is 0 Å². The first-order valence-corrected chi connectivity index (χ1v) is 6.86. The van der Waals surface area contributed by atoms with Crippen molar-refractivity contribution in [2.75, 3.05) is 13.7 Å². The van der Waals surface area contributed by atoms with Crippen LogP contribution in [0.15, 0.2) is 18.2 Å². The van der Waals surface area contributed by atoms with Crippen molar-refractivity contribution < 1.29 is 19.7 Å². The first-order valence-electron chi connectivity index (χ1n) is 6.86. The van der Waals surface area contributed by atoms with Gasteiger partial charge in [0.2, 0.25) is 0 Å². The Kier molecular flexibility index (Phi) is 5.05. The molecular formula is C15H22O4. The van der Waals surface area contributed by atoms with E-state index in [9.17, 15) is 10.2 Å². The lowest BCUT2D eigenvalue weighted by atomic mass is 9.95. The Morgan fingerprint density at radius 3 is 2.74 bits per heavy atom. The van der Waals surface area contributed by atoms with E-state index in [1.54, 1.807) is 12.1 Å². The van der Waals surface area contributed by atoms with Crippen LogP contribution < -0.4 is 4.74 Å². The van der Waals surface area contributed by atoms with E-state index in [2.05, 4.69) is 0 Å². The Morgan fingerprint density at radius 2 is 2.05 bits per heavy atom. The molecule has 0 unspecified atom stereocenters. The first kappa shape index (κ1) is 14.2. The number of hydrogen-bond donors (Lipinski definition) is 2. The smallest absolute Gasteiger partial charge is 0.160 e. The fourth-order valence-corrected chi connectivity index (χ4v) is 2.49. The number of phenols is 1. The quantitative estimate of drug-likeness (QED) is 0.858. The Balaban J connectivity index is 1.80. The number of ether oxygens (including phenoxy) is 2. The molecule has 0 aromatic heterocycles. The number of rotatable bonds is 5. The van der Waals surface area contributed by atoms with Crippen LogP contribution in [0.25, 0.3) is 0 Å². The SMILES string of the molecule is COc1ccc(CCO[C@H]2CCCC[C@H]2O)cc1O. The molecule has 1 aromatic carbocycles. The van der Waals surface area contributed by atoms with Gasteiger partial charge in [0, 0.05) is 0 Å². The van der Waals surface area contributed by atoms with Crippen molar-refractivity contribution in [3.05, 3.63) is 23.8 Å². The summed E-state index contributed by atoms with van der Waals surface area (Å²) >= 11 is 0. The number of aliphatic hydroxyl groups excluding tert-OH is 1. The fraction of sp³-hybridized carbons (Fsp3) is 0.600. The summed E-state index contributed by atoms with van der Waals surface area (Å²) in [5.74, 6) is 0.630. The van der Waals surface area contributed by atoms with Gasteiger partial charge in [-0.3, -0.25) is 0 Å². The largest absolute Gasteiger partial charge is 0.504 e. The molecule has 19 heavy (non-hydrogen) atoms. The van der Waals surface area contributed by atoms with E-state index in [4.69, 9.17) is 9.47 Å². The van der Waals surface area contributed by atoms with Gasteiger partial charge < -0.3 is 19.7 Å². The molecule has 2 N–H and O–H groups in total. The lowest BCUT2D eigenvalue weighted by molar-refractivity contribution is -0.0575. The molecular weight excluding hydrogens is 244 g/mol. The first-order chi connectivity index (χ1) is 9.20. The average molecular weight is 266 g/mol. The molecule has 2 rings (SSSR count). The van der Waals surface area contributed by atoms with Gasteiger partial charge in [-0.15, -0.1) is 0 Å². The maximum atomic E-state index is 9.80. The molecule has 106 valence electrons. The van der Waals surface area contributed by atoms with Crippen molar-refractivity contribution in [1.82, 2.24) is 0 Å². The minimum atomic E-state index is -0.321. The normalized spacial score (nSPS) is 23.3. The summed E-state index contributed by atoms with van der Waals surface area (Å²) in [5, 5.41) is 19.5. The summed E-state index contributed by atoms with van der Waals surface area (Å²) in [6.07, 6.45) is 4.38. The molecule has 0 amide bonds. The molecule has 2 atom stereocenters. The molecule has 1 aliphatic rings. The van der Waals surface area contributed by atoms with E-state index < -0.39 is 0 Å². The third kappa shape index (κ3) is 3.85. The van der Waals surface area contributed by atoms with E-state index >= 15 is 0 Å². The second kappa shape index (κ2) is 6.78. The number of methoxy groups -OCH3 is 1. The van der Waals surface area contributed by atoms with Crippen LogP contribution in [0.5, 0.6) is 11.5 Å². The molecule has 0 heterocycles. The number of aromatic hydroxyl groups is 1. The molecule has 1 fully saturated rings. The monoisotopic (exact) mass is 266 g/mol. The predicted octanol–water partition coefficient (Wildman–Crippen LogP) is 2.26. The highest BCUT2D eigenvalue weighted by atomic mass is 16.5. The topological polar surface area (TPSA) is 58.9 Å². The van der Waals surface area contributed by atoms with Gasteiger partial charge in [-0.2, -0.15) is 0 Å². The van der Waals surface area contributed by atoms with Gasteiger partial charge in [-0.05, 0) is 37.0 Å². The number of hydrogen-bond acceptors (Lipinski definition) is 4. The number of benzene rings is 1. The minimum absolute atomic E-state index is 0.0272. The molecule has 4 nitrogen and oxygen atoms in total. The summed E-state index contributed by atoms with van der Waals surface area (Å²) < 4.78 is 10.7. The Labute approximate surface area is 114 Å². The lowest BCUT2D eigenvalue weighted by Crippen LogP contribution is -2.32. The van der Waals surface area contributed by atoms with E-state index in [1.807, 2.05) is 6.07 Å². The minimum Gasteiger partial charge on any atom is -0.504 e. The van der Waals surface area contributed by atoms with E-state index in [-0.39, 0.29) is 18.0 Å². The molecule has 0 saturated heterocycles. The van der Waals surface area contributed by atoms with Gasteiger partial charge in [0.1, 0.15) is 0 Å². The summed E-state index contributed by atoms with van der Waals surface area (Å²) in [7, 11) is 1.53. The van der Waals surface area contributed by atoms with Gasteiger partial charge in [0.05, 0.1) is 25.9 Å². The Morgan fingerprint density at radius 1 is 1.26 bits per heavy atom. The zero-order valence-corrected chi connectivity index (χ0v) is 11.3. The molecule has 4 heteroatoms. The van der Waals surface area contributed by atoms with Gasteiger partial charge in [-0.25, -0.2) is 0 Å². The third-order valence-corrected chi connectivity index (χ3v) is 3.63. The highest BCUT2D eigenvalue weighted by Crippen LogP contribution is 2.26. The summed E-state index contributed by atoms with van der Waals surface area (Å²) in [6.45, 7) is 0.563. The van der Waals surface area contributed by atoms with Gasteiger partial charge in [-0.1, -0.05) is 18.9 Å². The van der Waals surface area contributed by atoms with Crippen molar-refractivity contribution in [3.63, 3.8) is 0 Å². The van der Waals surface area contributed by atoms with Gasteiger partial charge >= 0.3 is 0 Å². The van der Waals surface area contributed by atoms with E-state index in [0.29, 0.717) is 12.4 Å². The summed E-state index contributed by atoms with van der Waals surface area (Å²) in [6, 6.07) is 5.36. The fourth-order valence-electron chi connectivity index (χ4n) is 2.49. The van der Waals surface area contributed by atoms with Crippen LogP contribution in [-0.2, 0) is 11.2 Å². The second-order valence-electron chi connectivity index (χ2n) is 5.02. The van der Waals surface area contributed by atoms with E-state index in [0.717, 1.165) is 37.7 Å². The van der Waals surface area contributed by atoms with Crippen LogP contribution in [0.2, 0.25) is 0 Å². The molecule has 1 saturated carbocycles. The van der Waals surface area contributed by atoms with Crippen molar-refractivity contribution in [2.24, 2.45) is 0 Å². The predicted molar refractivity (Wildman–Crippen MR) is 72.6 cm³/mol. The van der Waals surface area contributed by atoms with E-state index in [1.165, 1.54) is 7.11 Å². The van der Waals surface area contributed by atoms with Gasteiger partial charge in [0.15, 0.2) is 11.5 Å². The maximum absolute atomic E-state index is 9.80. The van der Waals surface area contributed by atoms with Crippen molar-refractivity contribution in [2.45, 2.75) is 44.3 Å². The van der Waals surface area contributed by atoms with Crippen LogP contribution >= 0.6 is 0 Å². The molecule has 1 aromatic rings. The highest BCUT2D eigenvalue weighted by molar-refractivity contribution is 5.41. The lowest BCUT2D eigenvalue weighted by Gasteiger charge is -2.27. The average Bonchev–Trinajstić information content (AvgIpc) is 2.41. The van der Waals surface area contributed by atoms with Crippen LogP contribution in [0.1, 0.15) is 31.2 Å². The Hall–Kier alpha value is -1.26. The highest BCUT2D eigenvalue weighted by Gasteiger charge is 2.23. The zero-order chi connectivity index (χ0) is 13.7. The molecule has 0 spiro atoms. The summed E-state index contributed by atoms with van der Waals surface area (Å²) in [4.78, 5) is 0. The third-order valence-electron chi connectivity index (χ3n) is 3.63. The molecule has 0 aliphatic heterocycles. The Bertz CT molecular complexity index is 405. The standard InChI is InChI=1S/C15H22O4/c1-18-14-7-6-11(10-13(14)17)8-9-19-15-5-3-2-4-12(15)16/h6-7,10,12,15-17H,2-5,8-9H2,1H3/t12-,15+/m1/s1. The van der Waals surface area contributed by atoms with Crippen molar-refractivity contribution >= 4 is 0 Å². The molecule has 1 aliphatic carbocycles. The van der Waals surface area contributed by atoms with Crippen LogP contribution in [-0.4, -0.2) is 36.1 Å². The van der Waals surface area contributed by atoms with Crippen molar-refractivity contribution in [1.29, 1.82) is 0 Å². The molecule has 0 bridgehead atoms. The second-order valence-corrected chi connectivity index (χ2v) is 5.02. The maximum Gasteiger partial charge on any atom is 0.160 e. The zero-order valence-electron chi connectivity index (χ0n) is 11.3. The molecule has 0 radical (unpaired) electrons. The van der Waals surface area contributed by atoms with Crippen molar-refractivity contribution in [3.8, 4) is 11.5 Å². The number of aliphatic hydroxyl groups is 1. The summed E-state index contributed by atoms with van der Waals surface area (Å²) in [5.41, 5.74) is 1.00. The van der Waals surface area contributed by atoms with Gasteiger partial charge in [0.25, 0.3) is 0 Å². The van der Waals surface area contributed by atoms with Crippen LogP contribution in [0.3, 0.4) is 0 Å². The number of phenolic OH excluding ortho intramolecular Hbond substituents is 1. The van der Waals surface area contributed by atoms with Crippen LogP contribution in [0.4, 0.5) is 0 Å².